The van der Waals surface area contributed by atoms with E-state index in [1.54, 1.807) is 11.9 Å². The van der Waals surface area contributed by atoms with E-state index in [1.807, 2.05) is 0 Å². The smallest absolute Gasteiger partial charge is 0.232 e. The fourth-order valence-corrected chi connectivity index (χ4v) is 1.73. The van der Waals surface area contributed by atoms with Crippen LogP contribution in [0.25, 0.3) is 0 Å². The number of carbonyl (C=O) groups is 1. The van der Waals surface area contributed by atoms with Crippen molar-refractivity contribution in [2.45, 2.75) is 26.3 Å². The molecular formula is C13H19NOS. The molecule has 1 amide bonds. The summed E-state index contributed by atoms with van der Waals surface area (Å²) in [5, 5.41) is 0. The molecule has 0 fully saturated rings. The molecule has 0 saturated carbocycles. The van der Waals surface area contributed by atoms with E-state index in [4.69, 9.17) is 0 Å². The van der Waals surface area contributed by atoms with Crippen molar-refractivity contribution < 1.29 is 4.79 Å². The lowest BCUT2D eigenvalue weighted by Gasteiger charge is -2.16. The molecule has 0 aliphatic carbocycles. The van der Waals surface area contributed by atoms with Crippen molar-refractivity contribution in [1.82, 2.24) is 4.90 Å². The largest absolute Gasteiger partial charge is 0.341 e. The molecule has 1 aromatic rings. The van der Waals surface area contributed by atoms with Crippen LogP contribution >= 0.6 is 12.6 Å². The first-order valence-corrected chi connectivity index (χ1v) is 6.11. The highest BCUT2D eigenvalue weighted by Crippen LogP contribution is 2.15. The van der Waals surface area contributed by atoms with Gasteiger partial charge < -0.3 is 4.90 Å². The zero-order valence-corrected chi connectivity index (χ0v) is 11.0. The molecule has 0 saturated heterocycles. The summed E-state index contributed by atoms with van der Waals surface area (Å²) in [4.78, 5) is 13.0. The Morgan fingerprint density at radius 2 is 1.88 bits per heavy atom. The summed E-state index contributed by atoms with van der Waals surface area (Å²) in [5.41, 5.74) is 2.48. The van der Waals surface area contributed by atoms with Crippen LogP contribution in [0.1, 0.15) is 30.9 Å². The van der Waals surface area contributed by atoms with Gasteiger partial charge in [-0.05, 0) is 17.0 Å². The Kier molecular flexibility index (Phi) is 4.87. The van der Waals surface area contributed by atoms with Gasteiger partial charge in [0.15, 0.2) is 0 Å². The zero-order chi connectivity index (χ0) is 12.1. The number of rotatable bonds is 4. The maximum absolute atomic E-state index is 11.3. The summed E-state index contributed by atoms with van der Waals surface area (Å²) in [6, 6.07) is 8.41. The third-order valence-electron chi connectivity index (χ3n) is 2.63. The second-order valence-electron chi connectivity index (χ2n) is 4.30. The lowest BCUT2D eigenvalue weighted by molar-refractivity contribution is -0.127. The highest BCUT2D eigenvalue weighted by Gasteiger charge is 2.07. The van der Waals surface area contributed by atoms with Gasteiger partial charge in [0.25, 0.3) is 0 Å². The molecule has 0 bridgehead atoms. The summed E-state index contributed by atoms with van der Waals surface area (Å²) in [7, 11) is 1.80. The predicted molar refractivity (Wildman–Crippen MR) is 70.9 cm³/mol. The Morgan fingerprint density at radius 1 is 1.31 bits per heavy atom. The van der Waals surface area contributed by atoms with Crippen LogP contribution < -0.4 is 0 Å². The summed E-state index contributed by atoms with van der Waals surface area (Å²) >= 11 is 3.97. The van der Waals surface area contributed by atoms with Crippen LogP contribution in [0.3, 0.4) is 0 Å². The number of nitrogens with zero attached hydrogens (tertiary/aromatic N) is 1. The summed E-state index contributed by atoms with van der Waals surface area (Å²) in [6.07, 6.45) is 0. The molecule has 88 valence electrons. The van der Waals surface area contributed by atoms with E-state index in [0.717, 1.165) is 5.56 Å². The minimum Gasteiger partial charge on any atom is -0.341 e. The highest BCUT2D eigenvalue weighted by atomic mass is 32.1. The van der Waals surface area contributed by atoms with Gasteiger partial charge in [-0.3, -0.25) is 4.79 Å². The van der Waals surface area contributed by atoms with Crippen molar-refractivity contribution in [3.05, 3.63) is 35.4 Å². The molecule has 0 heterocycles. The van der Waals surface area contributed by atoms with Crippen molar-refractivity contribution in [3.63, 3.8) is 0 Å². The van der Waals surface area contributed by atoms with Gasteiger partial charge in [0, 0.05) is 13.6 Å². The van der Waals surface area contributed by atoms with E-state index in [2.05, 4.69) is 50.7 Å². The zero-order valence-electron chi connectivity index (χ0n) is 10.1. The Hall–Kier alpha value is -0.960. The van der Waals surface area contributed by atoms with Gasteiger partial charge >= 0.3 is 0 Å². The van der Waals surface area contributed by atoms with Gasteiger partial charge in [-0.15, -0.1) is 0 Å². The van der Waals surface area contributed by atoms with Crippen molar-refractivity contribution in [2.75, 3.05) is 12.8 Å². The normalized spacial score (nSPS) is 10.6. The maximum atomic E-state index is 11.3. The Balaban J connectivity index is 2.65. The first-order chi connectivity index (χ1) is 7.54. The number of thiol groups is 1. The molecule has 0 aliphatic rings. The fourth-order valence-electron chi connectivity index (χ4n) is 1.49. The maximum Gasteiger partial charge on any atom is 0.232 e. The van der Waals surface area contributed by atoms with Crippen molar-refractivity contribution in [3.8, 4) is 0 Å². The molecule has 1 aromatic carbocycles. The average Bonchev–Trinajstić information content (AvgIpc) is 2.28. The van der Waals surface area contributed by atoms with E-state index in [9.17, 15) is 4.79 Å². The molecule has 0 spiro atoms. The molecule has 0 atom stereocenters. The minimum atomic E-state index is 0.0521. The molecule has 1 rings (SSSR count). The lowest BCUT2D eigenvalue weighted by Crippen LogP contribution is -2.27. The van der Waals surface area contributed by atoms with Crippen LogP contribution in [0.4, 0.5) is 0 Å². The number of hydrogen-bond donors (Lipinski definition) is 1. The second-order valence-corrected chi connectivity index (χ2v) is 4.62. The summed E-state index contributed by atoms with van der Waals surface area (Å²) < 4.78 is 0. The molecule has 16 heavy (non-hydrogen) atoms. The van der Waals surface area contributed by atoms with Crippen LogP contribution in [-0.4, -0.2) is 23.6 Å². The molecular weight excluding hydrogens is 218 g/mol. The standard InChI is InChI=1S/C13H19NOS/c1-10(2)12-6-4-11(5-7-12)8-14(3)13(15)9-16/h4-7,10,16H,8-9H2,1-3H3. The first kappa shape index (κ1) is 13.1. The lowest BCUT2D eigenvalue weighted by atomic mass is 10.0. The minimum absolute atomic E-state index is 0.0521. The van der Waals surface area contributed by atoms with E-state index in [0.29, 0.717) is 12.5 Å². The van der Waals surface area contributed by atoms with Crippen LogP contribution in [0, 0.1) is 0 Å². The number of benzene rings is 1. The molecule has 0 N–H and O–H groups in total. The summed E-state index contributed by atoms with van der Waals surface area (Å²) in [5.74, 6) is 0.864. The van der Waals surface area contributed by atoms with Gasteiger partial charge in [0.05, 0.1) is 5.75 Å². The second kappa shape index (κ2) is 5.94. The topological polar surface area (TPSA) is 20.3 Å². The van der Waals surface area contributed by atoms with E-state index >= 15 is 0 Å². The SMILES string of the molecule is CC(C)c1ccc(CN(C)C(=O)CS)cc1. The average molecular weight is 237 g/mol. The van der Waals surface area contributed by atoms with E-state index in [-0.39, 0.29) is 11.7 Å². The monoisotopic (exact) mass is 237 g/mol. The van der Waals surface area contributed by atoms with Crippen molar-refractivity contribution >= 4 is 18.5 Å². The number of hydrogen-bond acceptors (Lipinski definition) is 2. The number of amides is 1. The van der Waals surface area contributed by atoms with Crippen LogP contribution in [0.15, 0.2) is 24.3 Å². The van der Waals surface area contributed by atoms with Gasteiger partial charge in [-0.2, -0.15) is 12.6 Å². The van der Waals surface area contributed by atoms with Crippen molar-refractivity contribution in [2.24, 2.45) is 0 Å². The van der Waals surface area contributed by atoms with Gasteiger partial charge in [-0.1, -0.05) is 38.1 Å². The van der Waals surface area contributed by atoms with Gasteiger partial charge in [0.1, 0.15) is 0 Å². The van der Waals surface area contributed by atoms with Crippen LogP contribution in [-0.2, 0) is 11.3 Å². The Labute approximate surface area is 103 Å². The highest BCUT2D eigenvalue weighted by molar-refractivity contribution is 7.81. The van der Waals surface area contributed by atoms with E-state index in [1.165, 1.54) is 5.56 Å². The molecule has 0 radical (unpaired) electrons. The Morgan fingerprint density at radius 3 is 2.31 bits per heavy atom. The summed E-state index contributed by atoms with van der Waals surface area (Å²) in [6.45, 7) is 4.99. The van der Waals surface area contributed by atoms with Gasteiger partial charge in [0.2, 0.25) is 5.91 Å². The molecule has 3 heteroatoms. The predicted octanol–water partition coefficient (Wildman–Crippen LogP) is 2.70. The molecule has 0 unspecified atom stereocenters. The molecule has 0 aromatic heterocycles. The third kappa shape index (κ3) is 3.56. The number of carbonyl (C=O) groups excluding carboxylic acids is 1. The fraction of sp³-hybridized carbons (Fsp3) is 0.462. The molecule has 2 nitrogen and oxygen atoms in total. The van der Waals surface area contributed by atoms with E-state index < -0.39 is 0 Å². The third-order valence-corrected chi connectivity index (χ3v) is 2.90. The van der Waals surface area contributed by atoms with Crippen molar-refractivity contribution in [1.29, 1.82) is 0 Å². The first-order valence-electron chi connectivity index (χ1n) is 5.48. The van der Waals surface area contributed by atoms with Crippen LogP contribution in [0.2, 0.25) is 0 Å². The quantitative estimate of drug-likeness (QED) is 0.798. The molecule has 0 aliphatic heterocycles. The van der Waals surface area contributed by atoms with Crippen LogP contribution in [0.5, 0.6) is 0 Å². The van der Waals surface area contributed by atoms with Gasteiger partial charge in [-0.25, -0.2) is 0 Å². The Bertz CT molecular complexity index is 345.